The molecule has 0 aliphatic carbocycles. The second-order valence-corrected chi connectivity index (χ2v) is 4.58. The Morgan fingerprint density at radius 1 is 1.29 bits per heavy atom. The lowest BCUT2D eigenvalue weighted by atomic mass is 10.2. The number of esters is 1. The summed E-state index contributed by atoms with van der Waals surface area (Å²) >= 11 is 0. The van der Waals surface area contributed by atoms with Gasteiger partial charge in [0.2, 0.25) is 0 Å². The summed E-state index contributed by atoms with van der Waals surface area (Å²) in [5, 5.41) is 2.57. The Kier molecular flexibility index (Phi) is 8.24. The number of hydrogen-bond acceptors (Lipinski definition) is 5. The highest BCUT2D eigenvalue weighted by molar-refractivity contribution is 5.89. The highest BCUT2D eigenvalue weighted by Crippen LogP contribution is 2.29. The van der Waals surface area contributed by atoms with Gasteiger partial charge < -0.3 is 19.5 Å². The molecule has 0 spiro atoms. The van der Waals surface area contributed by atoms with Crippen LogP contribution in [-0.4, -0.2) is 38.7 Å². The molecular formula is C16H19F2NO5. The van der Waals surface area contributed by atoms with E-state index in [1.165, 1.54) is 31.4 Å². The summed E-state index contributed by atoms with van der Waals surface area (Å²) in [6.07, 6.45) is 3.31. The average Bonchev–Trinajstić information content (AvgIpc) is 2.56. The predicted molar refractivity (Wildman–Crippen MR) is 82.9 cm³/mol. The smallest absolute Gasteiger partial charge is 0.387 e. The van der Waals surface area contributed by atoms with Crippen LogP contribution in [0, 0.1) is 0 Å². The highest BCUT2D eigenvalue weighted by atomic mass is 19.3. The van der Waals surface area contributed by atoms with E-state index in [9.17, 15) is 18.4 Å². The fraction of sp³-hybridized carbons (Fsp3) is 0.375. The number of rotatable bonds is 9. The number of alkyl halides is 2. The second-order valence-electron chi connectivity index (χ2n) is 4.58. The molecule has 1 N–H and O–H groups in total. The van der Waals surface area contributed by atoms with Crippen LogP contribution < -0.4 is 14.8 Å². The van der Waals surface area contributed by atoms with E-state index in [0.717, 1.165) is 12.5 Å². The zero-order valence-electron chi connectivity index (χ0n) is 13.4. The SMILES string of the molecule is CCCNC(=O)COC(=O)/C=C/c1ccc(OC(F)F)c(OC)c1. The normalized spacial score (nSPS) is 10.7. The van der Waals surface area contributed by atoms with Crippen molar-refractivity contribution < 1.29 is 32.6 Å². The number of methoxy groups -OCH3 is 1. The first-order valence-electron chi connectivity index (χ1n) is 7.20. The van der Waals surface area contributed by atoms with Crippen molar-refractivity contribution in [2.45, 2.75) is 20.0 Å². The van der Waals surface area contributed by atoms with Crippen LogP contribution in [0.25, 0.3) is 6.08 Å². The molecule has 132 valence electrons. The number of carbonyl (C=O) groups is 2. The second kappa shape index (κ2) is 10.2. The number of amides is 1. The Morgan fingerprint density at radius 3 is 2.67 bits per heavy atom. The maximum atomic E-state index is 12.2. The largest absolute Gasteiger partial charge is 0.493 e. The standard InChI is InChI=1S/C16H19F2NO5/c1-3-8-19-14(20)10-23-15(21)7-5-11-4-6-12(24-16(17)18)13(9-11)22-2/h4-7,9,16H,3,8,10H2,1-2H3,(H,19,20)/b7-5+. The van der Waals surface area contributed by atoms with Gasteiger partial charge in [0, 0.05) is 12.6 Å². The molecule has 0 aromatic heterocycles. The Labute approximate surface area is 138 Å². The Balaban J connectivity index is 2.60. The molecule has 0 saturated heterocycles. The lowest BCUT2D eigenvalue weighted by Crippen LogP contribution is -2.28. The minimum atomic E-state index is -2.96. The maximum Gasteiger partial charge on any atom is 0.387 e. The third-order valence-corrected chi connectivity index (χ3v) is 2.73. The van der Waals surface area contributed by atoms with Crippen LogP contribution in [0.1, 0.15) is 18.9 Å². The fourth-order valence-electron chi connectivity index (χ4n) is 1.65. The Morgan fingerprint density at radius 2 is 2.04 bits per heavy atom. The van der Waals surface area contributed by atoms with Crippen molar-refractivity contribution >= 4 is 18.0 Å². The third kappa shape index (κ3) is 7.08. The molecule has 0 fully saturated rings. The van der Waals surface area contributed by atoms with Gasteiger partial charge in [-0.15, -0.1) is 0 Å². The molecule has 0 unspecified atom stereocenters. The van der Waals surface area contributed by atoms with Crippen molar-refractivity contribution in [1.29, 1.82) is 0 Å². The molecule has 0 radical (unpaired) electrons. The summed E-state index contributed by atoms with van der Waals surface area (Å²) in [5.41, 5.74) is 0.515. The summed E-state index contributed by atoms with van der Waals surface area (Å²) in [7, 11) is 1.31. The summed E-state index contributed by atoms with van der Waals surface area (Å²) < 4.78 is 38.5. The lowest BCUT2D eigenvalue weighted by Gasteiger charge is -2.10. The van der Waals surface area contributed by atoms with Crippen LogP contribution in [-0.2, 0) is 14.3 Å². The molecule has 0 atom stereocenters. The van der Waals surface area contributed by atoms with Crippen LogP contribution in [0.5, 0.6) is 11.5 Å². The van der Waals surface area contributed by atoms with Crippen molar-refractivity contribution in [2.24, 2.45) is 0 Å². The van der Waals surface area contributed by atoms with Gasteiger partial charge in [0.1, 0.15) is 0 Å². The Hall–Kier alpha value is -2.64. The number of benzene rings is 1. The molecule has 0 aliphatic heterocycles. The molecule has 1 aromatic rings. The summed E-state index contributed by atoms with van der Waals surface area (Å²) in [6, 6.07) is 4.20. The Bertz CT molecular complexity index is 590. The number of nitrogens with one attached hydrogen (secondary N) is 1. The molecule has 0 heterocycles. The van der Waals surface area contributed by atoms with Crippen molar-refractivity contribution in [2.75, 3.05) is 20.3 Å². The van der Waals surface area contributed by atoms with Gasteiger partial charge >= 0.3 is 12.6 Å². The molecular weight excluding hydrogens is 324 g/mol. The number of halogens is 2. The van der Waals surface area contributed by atoms with Gasteiger partial charge in [-0.3, -0.25) is 4.79 Å². The van der Waals surface area contributed by atoms with Crippen LogP contribution in [0.3, 0.4) is 0 Å². The zero-order valence-corrected chi connectivity index (χ0v) is 13.4. The average molecular weight is 343 g/mol. The fourth-order valence-corrected chi connectivity index (χ4v) is 1.65. The highest BCUT2D eigenvalue weighted by Gasteiger charge is 2.10. The number of ether oxygens (including phenoxy) is 3. The first-order chi connectivity index (χ1) is 11.5. The van der Waals surface area contributed by atoms with Crippen molar-refractivity contribution in [3.63, 3.8) is 0 Å². The van der Waals surface area contributed by atoms with Gasteiger partial charge in [-0.1, -0.05) is 13.0 Å². The van der Waals surface area contributed by atoms with E-state index in [-0.39, 0.29) is 24.0 Å². The van der Waals surface area contributed by atoms with Crippen LogP contribution in [0.4, 0.5) is 8.78 Å². The van der Waals surface area contributed by atoms with E-state index in [0.29, 0.717) is 12.1 Å². The van der Waals surface area contributed by atoms with E-state index in [4.69, 9.17) is 9.47 Å². The molecule has 6 nitrogen and oxygen atoms in total. The summed E-state index contributed by atoms with van der Waals surface area (Å²) in [4.78, 5) is 22.8. The van der Waals surface area contributed by atoms with E-state index in [1.54, 1.807) is 0 Å². The predicted octanol–water partition coefficient (Wildman–Crippen LogP) is 2.38. The van der Waals surface area contributed by atoms with E-state index in [2.05, 4.69) is 10.1 Å². The molecule has 0 saturated carbocycles. The van der Waals surface area contributed by atoms with E-state index >= 15 is 0 Å². The van der Waals surface area contributed by atoms with Gasteiger partial charge in [-0.05, 0) is 30.2 Å². The first kappa shape index (κ1) is 19.4. The number of hydrogen-bond donors (Lipinski definition) is 1. The van der Waals surface area contributed by atoms with Crippen molar-refractivity contribution in [3.05, 3.63) is 29.8 Å². The lowest BCUT2D eigenvalue weighted by molar-refractivity contribution is -0.143. The van der Waals surface area contributed by atoms with Crippen molar-refractivity contribution in [3.8, 4) is 11.5 Å². The third-order valence-electron chi connectivity index (χ3n) is 2.73. The van der Waals surface area contributed by atoms with E-state index in [1.807, 2.05) is 6.92 Å². The minimum absolute atomic E-state index is 0.102. The maximum absolute atomic E-state index is 12.2. The molecule has 1 aromatic carbocycles. The molecule has 8 heteroatoms. The van der Waals surface area contributed by atoms with Crippen LogP contribution >= 0.6 is 0 Å². The van der Waals surface area contributed by atoms with Crippen molar-refractivity contribution in [1.82, 2.24) is 5.32 Å². The monoisotopic (exact) mass is 343 g/mol. The minimum Gasteiger partial charge on any atom is -0.493 e. The van der Waals surface area contributed by atoms with Crippen LogP contribution in [0.2, 0.25) is 0 Å². The molecule has 24 heavy (non-hydrogen) atoms. The van der Waals surface area contributed by atoms with Gasteiger partial charge in [-0.25, -0.2) is 4.79 Å². The molecule has 1 amide bonds. The summed E-state index contributed by atoms with van der Waals surface area (Å²) in [5.74, 6) is -1.09. The quantitative estimate of drug-likeness (QED) is 0.550. The van der Waals surface area contributed by atoms with Gasteiger partial charge in [0.05, 0.1) is 7.11 Å². The topological polar surface area (TPSA) is 73.9 Å². The van der Waals surface area contributed by atoms with E-state index < -0.39 is 12.6 Å². The van der Waals surface area contributed by atoms with Gasteiger partial charge in [-0.2, -0.15) is 8.78 Å². The van der Waals surface area contributed by atoms with Gasteiger partial charge in [0.15, 0.2) is 18.1 Å². The summed E-state index contributed by atoms with van der Waals surface area (Å²) in [6.45, 7) is -0.915. The van der Waals surface area contributed by atoms with Gasteiger partial charge in [0.25, 0.3) is 5.91 Å². The molecule has 0 aliphatic rings. The molecule has 0 bridgehead atoms. The van der Waals surface area contributed by atoms with Crippen LogP contribution in [0.15, 0.2) is 24.3 Å². The zero-order chi connectivity index (χ0) is 17.9. The molecule has 1 rings (SSSR count). The first-order valence-corrected chi connectivity index (χ1v) is 7.20. The number of carbonyl (C=O) groups excluding carboxylic acids is 2.